The number of rotatable bonds is 5. The number of hydrazone groups is 1. The number of allylic oxidation sites excluding steroid dienone is 4. The molecule has 1 aromatic rings. The minimum Gasteiger partial charge on any atom is -0.493 e. The van der Waals surface area contributed by atoms with Gasteiger partial charge in [-0.3, -0.25) is 9.59 Å². The molecule has 1 aliphatic rings. The summed E-state index contributed by atoms with van der Waals surface area (Å²) in [7, 11) is 0. The van der Waals surface area contributed by atoms with Crippen LogP contribution in [0.25, 0.3) is 0 Å². The summed E-state index contributed by atoms with van der Waals surface area (Å²) in [6.45, 7) is 1.74. The van der Waals surface area contributed by atoms with Crippen LogP contribution in [0.4, 0.5) is 0 Å². The largest absolute Gasteiger partial charge is 0.493 e. The number of halogens is 2. The minimum absolute atomic E-state index is 0.0871. The van der Waals surface area contributed by atoms with Gasteiger partial charge in [-0.25, -0.2) is 0 Å². The van der Waals surface area contributed by atoms with Gasteiger partial charge >= 0.3 is 0 Å². The number of thioether (sulfide) groups is 1. The molecule has 0 bridgehead atoms. The van der Waals surface area contributed by atoms with E-state index in [0.29, 0.717) is 5.57 Å². The zero-order valence-electron chi connectivity index (χ0n) is 14.2. The molecule has 2 unspecified atom stereocenters. The van der Waals surface area contributed by atoms with E-state index in [0.717, 1.165) is 18.0 Å². The van der Waals surface area contributed by atoms with Gasteiger partial charge in [-0.1, -0.05) is 30.3 Å². The minimum atomic E-state index is -0.906. The SMILES string of the molecule is CSc1nc(O)c(C(=O)NC2=C(Cl)C=C(C(C=N)=NN)C(C)C2Cl)c(=O)[nH]1. The van der Waals surface area contributed by atoms with E-state index >= 15 is 0 Å². The van der Waals surface area contributed by atoms with Crippen LogP contribution in [0, 0.1) is 11.3 Å². The fraction of sp³-hybridized carbons (Fsp3) is 0.267. The molecule has 0 aromatic carbocycles. The number of carbonyl (C=O) groups is 1. The maximum atomic E-state index is 12.5. The first-order valence-corrected chi connectivity index (χ1v) is 9.51. The molecule has 0 saturated carbocycles. The van der Waals surface area contributed by atoms with Gasteiger partial charge in [0.1, 0.15) is 5.71 Å². The summed E-state index contributed by atoms with van der Waals surface area (Å²) in [5, 5.41) is 22.7. The Morgan fingerprint density at radius 3 is 2.78 bits per heavy atom. The molecule has 6 N–H and O–H groups in total. The monoisotopic (exact) mass is 430 g/mol. The topological polar surface area (TPSA) is 157 Å². The number of aromatic amines is 1. The Labute approximate surface area is 168 Å². The van der Waals surface area contributed by atoms with Crippen LogP contribution in [0.15, 0.2) is 37.4 Å². The van der Waals surface area contributed by atoms with Crippen molar-refractivity contribution in [1.29, 1.82) is 5.41 Å². The third-order valence-electron chi connectivity index (χ3n) is 3.86. The molecule has 2 atom stereocenters. The Kier molecular flexibility index (Phi) is 6.68. The molecule has 9 nitrogen and oxygen atoms in total. The lowest BCUT2D eigenvalue weighted by atomic mass is 9.87. The average molecular weight is 431 g/mol. The van der Waals surface area contributed by atoms with Gasteiger partial charge in [0.15, 0.2) is 10.7 Å². The summed E-state index contributed by atoms with van der Waals surface area (Å²) in [5.74, 6) is 3.26. The summed E-state index contributed by atoms with van der Waals surface area (Å²) in [6, 6.07) is 0. The van der Waals surface area contributed by atoms with Crippen molar-refractivity contribution < 1.29 is 9.90 Å². The zero-order chi connectivity index (χ0) is 20.3. The van der Waals surface area contributed by atoms with Gasteiger partial charge in [-0.05, 0) is 17.9 Å². The van der Waals surface area contributed by atoms with Crippen molar-refractivity contribution in [2.45, 2.75) is 17.5 Å². The molecule has 0 aliphatic heterocycles. The predicted molar refractivity (Wildman–Crippen MR) is 106 cm³/mol. The van der Waals surface area contributed by atoms with E-state index in [1.807, 2.05) is 0 Å². The quantitative estimate of drug-likeness (QED) is 0.119. The molecule has 2 rings (SSSR count). The van der Waals surface area contributed by atoms with Gasteiger partial charge in [0.05, 0.1) is 16.1 Å². The van der Waals surface area contributed by atoms with Crippen molar-refractivity contribution in [1.82, 2.24) is 15.3 Å². The van der Waals surface area contributed by atoms with E-state index in [-0.39, 0.29) is 21.6 Å². The molecule has 1 amide bonds. The Bertz CT molecular complexity index is 940. The second-order valence-corrected chi connectivity index (χ2v) is 7.11. The Morgan fingerprint density at radius 1 is 1.59 bits per heavy atom. The molecule has 0 spiro atoms. The van der Waals surface area contributed by atoms with E-state index in [4.69, 9.17) is 34.5 Å². The van der Waals surface area contributed by atoms with E-state index in [9.17, 15) is 14.7 Å². The lowest BCUT2D eigenvalue weighted by Gasteiger charge is -2.28. The number of aromatic nitrogens is 2. The molecule has 1 aliphatic carbocycles. The van der Waals surface area contributed by atoms with Crippen molar-refractivity contribution in [3.05, 3.63) is 38.3 Å². The van der Waals surface area contributed by atoms with Crippen molar-refractivity contribution in [2.75, 3.05) is 6.26 Å². The lowest BCUT2D eigenvalue weighted by Crippen LogP contribution is -2.37. The second kappa shape index (κ2) is 8.59. The number of carbonyl (C=O) groups excluding carboxylic acids is 1. The van der Waals surface area contributed by atoms with Crippen molar-refractivity contribution in [3.8, 4) is 5.88 Å². The van der Waals surface area contributed by atoms with E-state index < -0.39 is 34.2 Å². The second-order valence-electron chi connectivity index (χ2n) is 5.44. The highest BCUT2D eigenvalue weighted by molar-refractivity contribution is 7.98. The van der Waals surface area contributed by atoms with Crippen molar-refractivity contribution in [2.24, 2.45) is 16.9 Å². The van der Waals surface area contributed by atoms with Crippen LogP contribution < -0.4 is 16.7 Å². The van der Waals surface area contributed by atoms with Gasteiger partial charge in [-0.15, -0.1) is 11.6 Å². The van der Waals surface area contributed by atoms with Crippen LogP contribution in [-0.2, 0) is 0 Å². The van der Waals surface area contributed by atoms with E-state index in [1.54, 1.807) is 13.2 Å². The first-order chi connectivity index (χ1) is 12.7. The molecule has 0 saturated heterocycles. The number of hydrogen-bond acceptors (Lipinski definition) is 8. The number of amides is 1. The number of alkyl halides is 1. The standard InChI is InChI=1S/C15H16Cl2N6O3S/c1-5-6(8(4-18)23-19)3-7(16)11(10(5)17)20-12(24)9-13(25)21-15(27-2)22-14(9)26/h3-5,10,18H,19H2,1-2H3,(H,20,24)(H2,21,22,25,26). The fourth-order valence-corrected chi connectivity index (χ4v) is 3.46. The molecule has 1 aromatic heterocycles. The molecule has 1 heterocycles. The number of nitrogens with zero attached hydrogens (tertiary/aromatic N) is 2. The highest BCUT2D eigenvalue weighted by Crippen LogP contribution is 2.34. The Balaban J connectivity index is 2.42. The fourth-order valence-electron chi connectivity index (χ4n) is 2.44. The van der Waals surface area contributed by atoms with Gasteiger partial charge in [-0.2, -0.15) is 10.1 Å². The Morgan fingerprint density at radius 2 is 2.26 bits per heavy atom. The molecule has 27 heavy (non-hydrogen) atoms. The number of nitrogens with two attached hydrogens (primary N) is 1. The van der Waals surface area contributed by atoms with Gasteiger partial charge in [0, 0.05) is 12.1 Å². The summed E-state index contributed by atoms with van der Waals surface area (Å²) in [6.07, 6.45) is 4.10. The number of nitrogens with one attached hydrogen (secondary N) is 3. The molecular weight excluding hydrogens is 415 g/mol. The van der Waals surface area contributed by atoms with Crippen LogP contribution in [0.3, 0.4) is 0 Å². The third kappa shape index (κ3) is 4.18. The van der Waals surface area contributed by atoms with Crippen molar-refractivity contribution in [3.63, 3.8) is 0 Å². The Hall–Kier alpha value is -2.30. The van der Waals surface area contributed by atoms with Gasteiger partial charge in [0.2, 0.25) is 5.88 Å². The summed E-state index contributed by atoms with van der Waals surface area (Å²) in [4.78, 5) is 30.7. The summed E-state index contributed by atoms with van der Waals surface area (Å²) < 4.78 is 0. The zero-order valence-corrected chi connectivity index (χ0v) is 16.5. The van der Waals surface area contributed by atoms with Crippen LogP contribution in [0.5, 0.6) is 5.88 Å². The highest BCUT2D eigenvalue weighted by Gasteiger charge is 2.32. The average Bonchev–Trinajstić information content (AvgIpc) is 2.63. The van der Waals surface area contributed by atoms with Crippen LogP contribution in [0.2, 0.25) is 0 Å². The third-order valence-corrected chi connectivity index (χ3v) is 5.35. The molecular formula is C15H16Cl2N6O3S. The van der Waals surface area contributed by atoms with Gasteiger partial charge < -0.3 is 26.7 Å². The van der Waals surface area contributed by atoms with Gasteiger partial charge in [0.25, 0.3) is 11.5 Å². The summed E-state index contributed by atoms with van der Waals surface area (Å²) >= 11 is 13.7. The molecule has 12 heteroatoms. The maximum Gasteiger partial charge on any atom is 0.268 e. The predicted octanol–water partition coefficient (Wildman–Crippen LogP) is 1.53. The first-order valence-electron chi connectivity index (χ1n) is 7.47. The molecule has 0 radical (unpaired) electrons. The number of hydrogen-bond donors (Lipinski definition) is 5. The van der Waals surface area contributed by atoms with E-state index in [1.165, 1.54) is 6.08 Å². The highest BCUT2D eigenvalue weighted by atomic mass is 35.5. The van der Waals surface area contributed by atoms with Crippen LogP contribution >= 0.6 is 35.0 Å². The lowest BCUT2D eigenvalue weighted by molar-refractivity contribution is 0.0958. The number of H-pyrrole nitrogens is 1. The molecule has 144 valence electrons. The van der Waals surface area contributed by atoms with Crippen LogP contribution in [0.1, 0.15) is 17.3 Å². The van der Waals surface area contributed by atoms with Crippen molar-refractivity contribution >= 4 is 52.8 Å². The first kappa shape index (κ1) is 21.0. The molecule has 0 fully saturated rings. The summed E-state index contributed by atoms with van der Waals surface area (Å²) in [5.41, 5.74) is -0.480. The normalized spacial score (nSPS) is 20.3. The smallest absolute Gasteiger partial charge is 0.268 e. The van der Waals surface area contributed by atoms with E-state index in [2.05, 4.69) is 20.4 Å². The maximum absolute atomic E-state index is 12.5. The van der Waals surface area contributed by atoms with Crippen LogP contribution in [-0.4, -0.2) is 44.5 Å². The number of aromatic hydroxyl groups is 1.